The van der Waals surface area contributed by atoms with Crippen LogP contribution in [0.3, 0.4) is 0 Å². The Hall–Kier alpha value is -0.670. The Morgan fingerprint density at radius 1 is 1.75 bits per heavy atom. The normalized spacial score (nSPS) is 13.0. The molecule has 0 saturated heterocycles. The minimum atomic E-state index is -1.09. The van der Waals surface area contributed by atoms with Gasteiger partial charge in [-0.05, 0) is 18.6 Å². The smallest absolute Gasteiger partial charge is 0.131 e. The maximum atomic E-state index is 12.0. The Kier molecular flexibility index (Phi) is 3.00. The minimum absolute atomic E-state index is 0.379. The zero-order valence-electron chi connectivity index (χ0n) is 6.59. The van der Waals surface area contributed by atoms with E-state index >= 15 is 0 Å². The predicted octanol–water partition coefficient (Wildman–Crippen LogP) is 2.05. The SMILES string of the molecule is Cc1cc(C(O)CF)cnc1Cl. The second-order valence-electron chi connectivity index (χ2n) is 2.55. The lowest BCUT2D eigenvalue weighted by atomic mass is 10.1. The first-order valence-corrected chi connectivity index (χ1v) is 3.89. The van der Waals surface area contributed by atoms with Crippen molar-refractivity contribution in [3.63, 3.8) is 0 Å². The van der Waals surface area contributed by atoms with Crippen molar-refractivity contribution in [3.8, 4) is 0 Å². The van der Waals surface area contributed by atoms with Gasteiger partial charge in [0.2, 0.25) is 0 Å². The first-order chi connectivity index (χ1) is 5.65. The third kappa shape index (κ3) is 1.93. The average Bonchev–Trinajstić information content (AvgIpc) is 2.08. The Bertz CT molecular complexity index is 280. The summed E-state index contributed by atoms with van der Waals surface area (Å²) in [4.78, 5) is 3.79. The van der Waals surface area contributed by atoms with Crippen molar-refractivity contribution in [2.24, 2.45) is 0 Å². The molecule has 66 valence electrons. The van der Waals surface area contributed by atoms with Gasteiger partial charge in [0, 0.05) is 11.8 Å². The van der Waals surface area contributed by atoms with E-state index in [4.69, 9.17) is 16.7 Å². The molecule has 12 heavy (non-hydrogen) atoms. The van der Waals surface area contributed by atoms with Crippen LogP contribution in [0, 0.1) is 6.92 Å². The van der Waals surface area contributed by atoms with Crippen LogP contribution in [-0.2, 0) is 0 Å². The molecule has 1 N–H and O–H groups in total. The van der Waals surface area contributed by atoms with Gasteiger partial charge in [-0.25, -0.2) is 9.37 Å². The third-order valence-corrected chi connectivity index (χ3v) is 1.96. The van der Waals surface area contributed by atoms with E-state index in [0.717, 1.165) is 5.56 Å². The molecule has 0 fully saturated rings. The van der Waals surface area contributed by atoms with Gasteiger partial charge in [0.25, 0.3) is 0 Å². The lowest BCUT2D eigenvalue weighted by Gasteiger charge is -2.06. The van der Waals surface area contributed by atoms with Gasteiger partial charge in [-0.2, -0.15) is 0 Å². The average molecular weight is 190 g/mol. The Labute approximate surface area is 75.0 Å². The molecule has 1 heterocycles. The molecule has 2 nitrogen and oxygen atoms in total. The summed E-state index contributed by atoms with van der Waals surface area (Å²) in [6, 6.07) is 1.62. The first-order valence-electron chi connectivity index (χ1n) is 3.51. The Balaban J connectivity index is 2.96. The van der Waals surface area contributed by atoms with Crippen molar-refractivity contribution in [1.82, 2.24) is 4.98 Å². The van der Waals surface area contributed by atoms with Gasteiger partial charge < -0.3 is 5.11 Å². The molecule has 0 aromatic carbocycles. The molecular formula is C8H9ClFNO. The molecule has 0 radical (unpaired) electrons. The molecular weight excluding hydrogens is 181 g/mol. The Morgan fingerprint density at radius 3 is 2.92 bits per heavy atom. The highest BCUT2D eigenvalue weighted by molar-refractivity contribution is 6.30. The summed E-state index contributed by atoms with van der Waals surface area (Å²) in [5.41, 5.74) is 1.20. The molecule has 0 bridgehead atoms. The predicted molar refractivity (Wildman–Crippen MR) is 44.9 cm³/mol. The van der Waals surface area contributed by atoms with Crippen molar-refractivity contribution in [3.05, 3.63) is 28.5 Å². The number of aryl methyl sites for hydroxylation is 1. The molecule has 0 aliphatic carbocycles. The highest BCUT2D eigenvalue weighted by atomic mass is 35.5. The lowest BCUT2D eigenvalue weighted by Crippen LogP contribution is -2.00. The molecule has 1 aromatic heterocycles. The molecule has 0 aliphatic heterocycles. The topological polar surface area (TPSA) is 33.1 Å². The fraction of sp³-hybridized carbons (Fsp3) is 0.375. The second-order valence-corrected chi connectivity index (χ2v) is 2.90. The number of nitrogens with zero attached hydrogens (tertiary/aromatic N) is 1. The van der Waals surface area contributed by atoms with E-state index < -0.39 is 12.8 Å². The van der Waals surface area contributed by atoms with Crippen LogP contribution in [0.2, 0.25) is 5.15 Å². The highest BCUT2D eigenvalue weighted by Crippen LogP contribution is 2.18. The summed E-state index contributed by atoms with van der Waals surface area (Å²) >= 11 is 5.64. The van der Waals surface area contributed by atoms with Crippen LogP contribution in [0.1, 0.15) is 17.2 Å². The van der Waals surface area contributed by atoms with Crippen molar-refractivity contribution < 1.29 is 9.50 Å². The number of rotatable bonds is 2. The quantitative estimate of drug-likeness (QED) is 0.723. The number of aliphatic hydroxyl groups is 1. The van der Waals surface area contributed by atoms with Gasteiger partial charge in [0.1, 0.15) is 17.9 Å². The van der Waals surface area contributed by atoms with Crippen LogP contribution >= 0.6 is 11.6 Å². The number of hydrogen-bond donors (Lipinski definition) is 1. The number of aromatic nitrogens is 1. The summed E-state index contributed by atoms with van der Waals surface area (Å²) in [7, 11) is 0. The number of alkyl halides is 1. The van der Waals surface area contributed by atoms with Crippen molar-refractivity contribution in [2.75, 3.05) is 6.67 Å². The molecule has 1 aromatic rings. The van der Waals surface area contributed by atoms with E-state index in [0.29, 0.717) is 10.7 Å². The second kappa shape index (κ2) is 3.83. The molecule has 1 atom stereocenters. The van der Waals surface area contributed by atoms with Gasteiger partial charge in [-0.3, -0.25) is 0 Å². The number of aliphatic hydroxyl groups excluding tert-OH is 1. The third-order valence-electron chi connectivity index (χ3n) is 1.57. The van der Waals surface area contributed by atoms with Gasteiger partial charge in [-0.15, -0.1) is 0 Å². The van der Waals surface area contributed by atoms with Gasteiger partial charge in [-0.1, -0.05) is 11.6 Å². The minimum Gasteiger partial charge on any atom is -0.386 e. The summed E-state index contributed by atoms with van der Waals surface area (Å²) in [5, 5.41) is 9.47. The standard InChI is InChI=1S/C8H9ClFNO/c1-5-2-6(7(12)3-10)4-11-8(5)9/h2,4,7,12H,3H2,1H3. The molecule has 1 unspecified atom stereocenters. The van der Waals surface area contributed by atoms with E-state index in [1.54, 1.807) is 13.0 Å². The maximum Gasteiger partial charge on any atom is 0.131 e. The number of pyridine rings is 1. The van der Waals surface area contributed by atoms with E-state index in [1.165, 1.54) is 6.20 Å². The first kappa shape index (κ1) is 9.42. The molecule has 0 spiro atoms. The van der Waals surface area contributed by atoms with Crippen molar-refractivity contribution in [2.45, 2.75) is 13.0 Å². The van der Waals surface area contributed by atoms with E-state index in [2.05, 4.69) is 4.98 Å². The van der Waals surface area contributed by atoms with Crippen LogP contribution in [0.25, 0.3) is 0 Å². The zero-order chi connectivity index (χ0) is 9.14. The molecule has 0 saturated carbocycles. The largest absolute Gasteiger partial charge is 0.386 e. The lowest BCUT2D eigenvalue weighted by molar-refractivity contribution is 0.141. The number of hydrogen-bond acceptors (Lipinski definition) is 2. The number of halogens is 2. The van der Waals surface area contributed by atoms with Gasteiger partial charge in [0.15, 0.2) is 0 Å². The fourth-order valence-electron chi connectivity index (χ4n) is 0.851. The molecule has 4 heteroatoms. The Morgan fingerprint density at radius 2 is 2.42 bits per heavy atom. The van der Waals surface area contributed by atoms with Crippen LogP contribution in [0.5, 0.6) is 0 Å². The van der Waals surface area contributed by atoms with Gasteiger partial charge >= 0.3 is 0 Å². The van der Waals surface area contributed by atoms with E-state index in [-0.39, 0.29) is 0 Å². The van der Waals surface area contributed by atoms with Crippen LogP contribution in [-0.4, -0.2) is 16.8 Å². The van der Waals surface area contributed by atoms with Crippen LogP contribution < -0.4 is 0 Å². The monoisotopic (exact) mass is 189 g/mol. The molecule has 0 amide bonds. The summed E-state index contributed by atoms with van der Waals surface area (Å²) < 4.78 is 12.0. The maximum absolute atomic E-state index is 12.0. The van der Waals surface area contributed by atoms with E-state index in [9.17, 15) is 4.39 Å². The summed E-state index contributed by atoms with van der Waals surface area (Å²) in [6.45, 7) is 0.951. The molecule has 0 aliphatic rings. The fourth-order valence-corrected chi connectivity index (χ4v) is 0.955. The molecule has 1 rings (SSSR count). The van der Waals surface area contributed by atoms with Crippen molar-refractivity contribution >= 4 is 11.6 Å². The summed E-state index contributed by atoms with van der Waals surface area (Å²) in [5.74, 6) is 0. The van der Waals surface area contributed by atoms with Crippen molar-refractivity contribution in [1.29, 1.82) is 0 Å². The summed E-state index contributed by atoms with van der Waals surface area (Å²) in [6.07, 6.45) is 0.285. The van der Waals surface area contributed by atoms with Gasteiger partial charge in [0.05, 0.1) is 0 Å². The zero-order valence-corrected chi connectivity index (χ0v) is 7.35. The van der Waals surface area contributed by atoms with Crippen LogP contribution in [0.4, 0.5) is 4.39 Å². The van der Waals surface area contributed by atoms with Crippen LogP contribution in [0.15, 0.2) is 12.3 Å². The highest BCUT2D eigenvalue weighted by Gasteiger charge is 2.08. The van der Waals surface area contributed by atoms with E-state index in [1.807, 2.05) is 0 Å².